The maximum atomic E-state index is 12.7. The zero-order valence-corrected chi connectivity index (χ0v) is 16.4. The number of carbonyl (C=O) groups excluding carboxylic acids is 2. The lowest BCUT2D eigenvalue weighted by atomic mass is 10.1. The third-order valence-corrected chi connectivity index (χ3v) is 5.00. The van der Waals surface area contributed by atoms with Crippen LogP contribution in [0.25, 0.3) is 0 Å². The predicted molar refractivity (Wildman–Crippen MR) is 105 cm³/mol. The van der Waals surface area contributed by atoms with Gasteiger partial charge in [0.2, 0.25) is 5.91 Å². The molecule has 1 aliphatic heterocycles. The van der Waals surface area contributed by atoms with E-state index in [1.54, 1.807) is 19.1 Å². The minimum Gasteiger partial charge on any atom is -0.497 e. The van der Waals surface area contributed by atoms with Crippen molar-refractivity contribution < 1.29 is 19.1 Å². The van der Waals surface area contributed by atoms with Gasteiger partial charge in [-0.15, -0.1) is 0 Å². The van der Waals surface area contributed by atoms with Crippen molar-refractivity contribution in [2.24, 2.45) is 0 Å². The first-order chi connectivity index (χ1) is 13.6. The number of aromatic nitrogens is 1. The SMILES string of the molecule is COCCN1C(=O)c2cccn2CC1CNC(=O)CCc1cccc(OC)c1. The van der Waals surface area contributed by atoms with E-state index in [1.165, 1.54) is 0 Å². The molecule has 0 radical (unpaired) electrons. The zero-order chi connectivity index (χ0) is 19.9. The van der Waals surface area contributed by atoms with Crippen LogP contribution in [0.2, 0.25) is 0 Å². The van der Waals surface area contributed by atoms with E-state index in [0.29, 0.717) is 44.8 Å². The Balaban J connectivity index is 1.55. The molecular formula is C21H27N3O4. The molecule has 7 nitrogen and oxygen atoms in total. The molecule has 0 spiro atoms. The lowest BCUT2D eigenvalue weighted by Crippen LogP contribution is -2.53. The van der Waals surface area contributed by atoms with Gasteiger partial charge in [-0.1, -0.05) is 12.1 Å². The predicted octanol–water partition coefficient (Wildman–Crippen LogP) is 1.72. The molecule has 7 heteroatoms. The van der Waals surface area contributed by atoms with Gasteiger partial charge < -0.3 is 24.3 Å². The third kappa shape index (κ3) is 4.72. The number of rotatable bonds is 9. The van der Waals surface area contributed by atoms with E-state index in [9.17, 15) is 9.59 Å². The molecule has 2 aromatic rings. The number of fused-ring (bicyclic) bond motifs is 1. The topological polar surface area (TPSA) is 72.8 Å². The Morgan fingerprint density at radius 1 is 1.25 bits per heavy atom. The van der Waals surface area contributed by atoms with Crippen LogP contribution < -0.4 is 10.1 Å². The fourth-order valence-electron chi connectivity index (χ4n) is 3.46. The number of carbonyl (C=O) groups is 2. The molecule has 1 atom stereocenters. The van der Waals surface area contributed by atoms with Gasteiger partial charge in [0.05, 0.1) is 19.8 Å². The van der Waals surface area contributed by atoms with Gasteiger partial charge in [-0.05, 0) is 36.2 Å². The molecule has 1 aliphatic rings. The number of aryl methyl sites for hydroxylation is 1. The van der Waals surface area contributed by atoms with E-state index < -0.39 is 0 Å². The number of nitrogens with one attached hydrogen (secondary N) is 1. The molecule has 3 rings (SSSR count). The van der Waals surface area contributed by atoms with E-state index in [2.05, 4.69) is 5.32 Å². The molecule has 0 saturated carbocycles. The second-order valence-corrected chi connectivity index (χ2v) is 6.85. The second-order valence-electron chi connectivity index (χ2n) is 6.85. The fraction of sp³-hybridized carbons (Fsp3) is 0.429. The second kappa shape index (κ2) is 9.41. The van der Waals surface area contributed by atoms with Crippen LogP contribution in [0.4, 0.5) is 0 Å². The number of nitrogens with zero attached hydrogens (tertiary/aromatic N) is 2. The molecular weight excluding hydrogens is 358 g/mol. The maximum Gasteiger partial charge on any atom is 0.270 e. The normalized spacial score (nSPS) is 16.0. The summed E-state index contributed by atoms with van der Waals surface area (Å²) in [4.78, 5) is 26.9. The maximum absolute atomic E-state index is 12.7. The van der Waals surface area contributed by atoms with Gasteiger partial charge in [0.25, 0.3) is 5.91 Å². The monoisotopic (exact) mass is 385 g/mol. The molecule has 150 valence electrons. The Morgan fingerprint density at radius 3 is 2.89 bits per heavy atom. The van der Waals surface area contributed by atoms with Crippen LogP contribution in [-0.2, 0) is 22.5 Å². The summed E-state index contributed by atoms with van der Waals surface area (Å²) < 4.78 is 12.3. The lowest BCUT2D eigenvalue weighted by molar-refractivity contribution is -0.121. The highest BCUT2D eigenvalue weighted by Crippen LogP contribution is 2.18. The third-order valence-electron chi connectivity index (χ3n) is 5.00. The molecule has 2 amide bonds. The highest BCUT2D eigenvalue weighted by Gasteiger charge is 2.31. The minimum atomic E-state index is -0.0941. The first kappa shape index (κ1) is 19.9. The van der Waals surface area contributed by atoms with Gasteiger partial charge >= 0.3 is 0 Å². The number of hydrogen-bond donors (Lipinski definition) is 1. The van der Waals surface area contributed by atoms with Crippen molar-refractivity contribution in [1.82, 2.24) is 14.8 Å². The first-order valence-corrected chi connectivity index (χ1v) is 9.47. The number of ether oxygens (including phenoxy) is 2. The Hall–Kier alpha value is -2.80. The van der Waals surface area contributed by atoms with Gasteiger partial charge in [0.1, 0.15) is 11.4 Å². The molecule has 1 aromatic heterocycles. The first-order valence-electron chi connectivity index (χ1n) is 9.47. The molecule has 0 aliphatic carbocycles. The van der Waals surface area contributed by atoms with Crippen molar-refractivity contribution in [2.75, 3.05) is 33.9 Å². The average Bonchev–Trinajstić information content (AvgIpc) is 3.19. The zero-order valence-electron chi connectivity index (χ0n) is 16.4. The Kier molecular flexibility index (Phi) is 6.71. The van der Waals surface area contributed by atoms with Gasteiger partial charge in [0, 0.05) is 39.4 Å². The molecule has 1 N–H and O–H groups in total. The molecule has 0 fully saturated rings. The van der Waals surface area contributed by atoms with Gasteiger partial charge in [0.15, 0.2) is 0 Å². The number of benzene rings is 1. The standard InChI is InChI=1S/C21H27N3O4/c1-27-12-11-24-17(15-23-10-4-7-19(23)21(24)26)14-22-20(25)9-8-16-5-3-6-18(13-16)28-2/h3-7,10,13,17H,8-9,11-12,14-15H2,1-2H3,(H,22,25). The summed E-state index contributed by atoms with van der Waals surface area (Å²) in [6, 6.07) is 11.3. The summed E-state index contributed by atoms with van der Waals surface area (Å²) in [5.41, 5.74) is 1.73. The van der Waals surface area contributed by atoms with Crippen LogP contribution in [0, 0.1) is 0 Å². The van der Waals surface area contributed by atoms with Crippen LogP contribution in [0.3, 0.4) is 0 Å². The van der Waals surface area contributed by atoms with E-state index in [-0.39, 0.29) is 17.9 Å². The van der Waals surface area contributed by atoms with Crippen LogP contribution >= 0.6 is 0 Å². The van der Waals surface area contributed by atoms with Crippen LogP contribution in [-0.4, -0.2) is 61.2 Å². The van der Waals surface area contributed by atoms with Crippen molar-refractivity contribution in [3.8, 4) is 5.75 Å². The summed E-state index contributed by atoms with van der Waals surface area (Å²) in [6.07, 6.45) is 2.93. The molecule has 0 saturated heterocycles. The highest BCUT2D eigenvalue weighted by molar-refractivity contribution is 5.93. The number of methoxy groups -OCH3 is 2. The Morgan fingerprint density at radius 2 is 2.11 bits per heavy atom. The summed E-state index contributed by atoms with van der Waals surface area (Å²) in [5, 5.41) is 2.98. The molecule has 0 bridgehead atoms. The van der Waals surface area contributed by atoms with Crippen molar-refractivity contribution in [3.05, 3.63) is 53.9 Å². The summed E-state index contributed by atoms with van der Waals surface area (Å²) in [6.45, 7) is 2.05. The van der Waals surface area contributed by atoms with E-state index in [1.807, 2.05) is 47.2 Å². The molecule has 1 aromatic carbocycles. The van der Waals surface area contributed by atoms with Crippen molar-refractivity contribution in [2.45, 2.75) is 25.4 Å². The Labute approximate surface area is 165 Å². The highest BCUT2D eigenvalue weighted by atomic mass is 16.5. The van der Waals surface area contributed by atoms with Gasteiger partial charge in [-0.3, -0.25) is 9.59 Å². The summed E-state index contributed by atoms with van der Waals surface area (Å²) in [5.74, 6) is 0.735. The Bertz CT molecular complexity index is 817. The quantitative estimate of drug-likeness (QED) is 0.713. The van der Waals surface area contributed by atoms with Gasteiger partial charge in [-0.25, -0.2) is 0 Å². The van der Waals surface area contributed by atoms with Crippen LogP contribution in [0.1, 0.15) is 22.5 Å². The molecule has 2 heterocycles. The van der Waals surface area contributed by atoms with Crippen LogP contribution in [0.15, 0.2) is 42.6 Å². The lowest BCUT2D eigenvalue weighted by Gasteiger charge is -2.36. The van der Waals surface area contributed by atoms with Crippen molar-refractivity contribution >= 4 is 11.8 Å². The molecule has 1 unspecified atom stereocenters. The molecule has 28 heavy (non-hydrogen) atoms. The van der Waals surface area contributed by atoms with Crippen molar-refractivity contribution in [3.63, 3.8) is 0 Å². The minimum absolute atomic E-state index is 0.0241. The fourth-order valence-corrected chi connectivity index (χ4v) is 3.46. The van der Waals surface area contributed by atoms with E-state index in [0.717, 1.165) is 11.3 Å². The van der Waals surface area contributed by atoms with E-state index >= 15 is 0 Å². The smallest absolute Gasteiger partial charge is 0.270 e. The summed E-state index contributed by atoms with van der Waals surface area (Å²) >= 11 is 0. The average molecular weight is 385 g/mol. The van der Waals surface area contributed by atoms with E-state index in [4.69, 9.17) is 9.47 Å². The number of hydrogen-bond acceptors (Lipinski definition) is 4. The van der Waals surface area contributed by atoms with Crippen LogP contribution in [0.5, 0.6) is 5.75 Å². The van der Waals surface area contributed by atoms with Crippen molar-refractivity contribution in [1.29, 1.82) is 0 Å². The number of amides is 2. The van der Waals surface area contributed by atoms with Gasteiger partial charge in [-0.2, -0.15) is 0 Å². The largest absolute Gasteiger partial charge is 0.497 e. The summed E-state index contributed by atoms with van der Waals surface area (Å²) in [7, 11) is 3.25.